The molecule has 1 aliphatic rings. The summed E-state index contributed by atoms with van der Waals surface area (Å²) in [5.41, 5.74) is 0.853. The third-order valence-corrected chi connectivity index (χ3v) is 4.39. The van der Waals surface area contributed by atoms with Gasteiger partial charge in [0, 0.05) is 25.7 Å². The van der Waals surface area contributed by atoms with Gasteiger partial charge in [-0.25, -0.2) is 0 Å². The monoisotopic (exact) mass is 290 g/mol. The van der Waals surface area contributed by atoms with Crippen molar-refractivity contribution in [3.63, 3.8) is 0 Å². The van der Waals surface area contributed by atoms with Gasteiger partial charge in [0.2, 0.25) is 0 Å². The van der Waals surface area contributed by atoms with Crippen LogP contribution in [0, 0.1) is 0 Å². The average molecular weight is 290 g/mol. The summed E-state index contributed by atoms with van der Waals surface area (Å²) < 4.78 is 0. The van der Waals surface area contributed by atoms with Crippen LogP contribution >= 0.6 is 0 Å². The zero-order valence-electron chi connectivity index (χ0n) is 13.5. The molecule has 0 aromatic heterocycles. The second kappa shape index (κ2) is 7.92. The third kappa shape index (κ3) is 5.77. The topological polar surface area (TPSA) is 35.5 Å². The minimum absolute atomic E-state index is 0.532. The number of nitrogens with one attached hydrogen (secondary N) is 1. The number of rotatable bonds is 8. The first-order valence-corrected chi connectivity index (χ1v) is 8.31. The van der Waals surface area contributed by atoms with Gasteiger partial charge >= 0.3 is 0 Å². The van der Waals surface area contributed by atoms with Gasteiger partial charge < -0.3 is 15.3 Å². The van der Waals surface area contributed by atoms with Crippen LogP contribution in [0.1, 0.15) is 38.7 Å². The van der Waals surface area contributed by atoms with Gasteiger partial charge in [-0.05, 0) is 38.3 Å². The Balaban J connectivity index is 1.67. The zero-order chi connectivity index (χ0) is 15.1. The summed E-state index contributed by atoms with van der Waals surface area (Å²) >= 11 is 0. The Labute approximate surface area is 129 Å². The van der Waals surface area contributed by atoms with Crippen molar-refractivity contribution in [1.82, 2.24) is 10.2 Å². The van der Waals surface area contributed by atoms with E-state index in [-0.39, 0.29) is 0 Å². The minimum Gasteiger partial charge on any atom is -0.389 e. The molecule has 2 N–H and O–H groups in total. The van der Waals surface area contributed by atoms with E-state index >= 15 is 0 Å². The van der Waals surface area contributed by atoms with Gasteiger partial charge in [-0.15, -0.1) is 0 Å². The largest absolute Gasteiger partial charge is 0.389 e. The molecule has 118 valence electrons. The summed E-state index contributed by atoms with van der Waals surface area (Å²) in [6.07, 6.45) is 4.21. The Morgan fingerprint density at radius 1 is 1.33 bits per heavy atom. The van der Waals surface area contributed by atoms with Crippen LogP contribution in [0.2, 0.25) is 0 Å². The van der Waals surface area contributed by atoms with Crippen LogP contribution in [0.5, 0.6) is 0 Å². The zero-order valence-corrected chi connectivity index (χ0v) is 13.5. The third-order valence-electron chi connectivity index (χ3n) is 4.39. The Morgan fingerprint density at radius 3 is 2.81 bits per heavy atom. The van der Waals surface area contributed by atoms with Crippen LogP contribution in [-0.4, -0.2) is 47.8 Å². The maximum absolute atomic E-state index is 10.2. The van der Waals surface area contributed by atoms with Gasteiger partial charge in [-0.1, -0.05) is 43.7 Å². The average Bonchev–Trinajstić information content (AvgIpc) is 2.92. The minimum atomic E-state index is -0.563. The van der Waals surface area contributed by atoms with Crippen molar-refractivity contribution in [3.05, 3.63) is 35.9 Å². The first-order valence-electron chi connectivity index (χ1n) is 8.31. The highest BCUT2D eigenvalue weighted by atomic mass is 16.3. The molecular weight excluding hydrogens is 260 g/mol. The van der Waals surface area contributed by atoms with Crippen molar-refractivity contribution >= 4 is 0 Å². The van der Waals surface area contributed by atoms with Crippen LogP contribution in [0.3, 0.4) is 0 Å². The number of hydrogen-bond acceptors (Lipinski definition) is 3. The van der Waals surface area contributed by atoms with Crippen LogP contribution in [0.15, 0.2) is 30.3 Å². The van der Waals surface area contributed by atoms with E-state index < -0.39 is 5.60 Å². The molecule has 3 nitrogen and oxygen atoms in total. The lowest BCUT2D eigenvalue weighted by Crippen LogP contribution is -2.43. The van der Waals surface area contributed by atoms with Crippen molar-refractivity contribution in [2.45, 2.75) is 51.2 Å². The highest BCUT2D eigenvalue weighted by Crippen LogP contribution is 2.14. The lowest BCUT2D eigenvalue weighted by atomic mass is 10.0. The van der Waals surface area contributed by atoms with Crippen molar-refractivity contribution < 1.29 is 5.11 Å². The summed E-state index contributed by atoms with van der Waals surface area (Å²) in [5, 5.41) is 13.8. The van der Waals surface area contributed by atoms with E-state index in [0.717, 1.165) is 32.4 Å². The maximum atomic E-state index is 10.2. The number of likely N-dealkylation sites (tertiary alicyclic amines) is 1. The van der Waals surface area contributed by atoms with Crippen LogP contribution in [-0.2, 0) is 6.42 Å². The second-order valence-corrected chi connectivity index (χ2v) is 6.65. The standard InChI is InChI=1S/C18H30N2O/c1-3-11-18(2,21)15-19-17-10-13-20(14-17)12-9-16-7-5-4-6-8-16/h4-8,17,19,21H,3,9-15H2,1-2H3. The molecule has 1 aromatic carbocycles. The smallest absolute Gasteiger partial charge is 0.0743 e. The maximum Gasteiger partial charge on any atom is 0.0743 e. The van der Waals surface area contributed by atoms with Crippen molar-refractivity contribution in [3.8, 4) is 0 Å². The molecule has 1 aliphatic heterocycles. The summed E-state index contributed by atoms with van der Waals surface area (Å²) in [6, 6.07) is 11.2. The Kier molecular flexibility index (Phi) is 6.22. The fourth-order valence-electron chi connectivity index (χ4n) is 3.13. The first kappa shape index (κ1) is 16.5. The van der Waals surface area contributed by atoms with E-state index in [4.69, 9.17) is 0 Å². The molecule has 0 radical (unpaired) electrons. The van der Waals surface area contributed by atoms with E-state index in [1.54, 1.807) is 0 Å². The van der Waals surface area contributed by atoms with Gasteiger partial charge in [0.25, 0.3) is 0 Å². The molecule has 0 spiro atoms. The predicted octanol–water partition coefficient (Wildman–Crippen LogP) is 2.44. The quantitative estimate of drug-likeness (QED) is 0.772. The summed E-state index contributed by atoms with van der Waals surface area (Å²) in [7, 11) is 0. The molecule has 2 unspecified atom stereocenters. The lowest BCUT2D eigenvalue weighted by molar-refractivity contribution is 0.0474. The molecule has 0 aliphatic carbocycles. The molecule has 2 atom stereocenters. The van der Waals surface area contributed by atoms with Crippen molar-refractivity contribution in [2.24, 2.45) is 0 Å². The van der Waals surface area contributed by atoms with Crippen LogP contribution in [0.4, 0.5) is 0 Å². The Bertz CT molecular complexity index is 405. The van der Waals surface area contributed by atoms with E-state index in [9.17, 15) is 5.11 Å². The first-order chi connectivity index (χ1) is 10.1. The fraction of sp³-hybridized carbons (Fsp3) is 0.667. The predicted molar refractivity (Wildman–Crippen MR) is 88.5 cm³/mol. The molecule has 0 amide bonds. The normalized spacial score (nSPS) is 22.3. The molecular formula is C18H30N2O. The molecule has 0 saturated carbocycles. The summed E-state index contributed by atoms with van der Waals surface area (Å²) in [6.45, 7) is 8.17. The van der Waals surface area contributed by atoms with Gasteiger partial charge in [0.15, 0.2) is 0 Å². The molecule has 1 saturated heterocycles. The molecule has 21 heavy (non-hydrogen) atoms. The van der Waals surface area contributed by atoms with Crippen molar-refractivity contribution in [2.75, 3.05) is 26.2 Å². The number of hydrogen-bond donors (Lipinski definition) is 2. The fourth-order valence-corrected chi connectivity index (χ4v) is 3.13. The molecule has 2 rings (SSSR count). The van der Waals surface area contributed by atoms with Gasteiger partial charge in [-0.3, -0.25) is 0 Å². The highest BCUT2D eigenvalue weighted by Gasteiger charge is 2.25. The van der Waals surface area contributed by atoms with E-state index in [1.807, 2.05) is 6.92 Å². The van der Waals surface area contributed by atoms with Crippen LogP contribution < -0.4 is 5.32 Å². The highest BCUT2D eigenvalue weighted by molar-refractivity contribution is 5.14. The molecule has 3 heteroatoms. The van der Waals surface area contributed by atoms with Gasteiger partial charge in [0.1, 0.15) is 0 Å². The van der Waals surface area contributed by atoms with E-state index in [0.29, 0.717) is 12.6 Å². The number of aliphatic hydroxyl groups is 1. The van der Waals surface area contributed by atoms with Gasteiger partial charge in [-0.2, -0.15) is 0 Å². The number of nitrogens with zero attached hydrogens (tertiary/aromatic N) is 1. The van der Waals surface area contributed by atoms with Crippen molar-refractivity contribution in [1.29, 1.82) is 0 Å². The Hall–Kier alpha value is -0.900. The van der Waals surface area contributed by atoms with Gasteiger partial charge in [0.05, 0.1) is 5.60 Å². The molecule has 1 heterocycles. The SMILES string of the molecule is CCCC(C)(O)CNC1CCN(CCc2ccccc2)C1. The summed E-state index contributed by atoms with van der Waals surface area (Å²) in [5.74, 6) is 0. The lowest BCUT2D eigenvalue weighted by Gasteiger charge is -2.25. The molecule has 0 bridgehead atoms. The van der Waals surface area contributed by atoms with E-state index in [2.05, 4.69) is 47.5 Å². The van der Waals surface area contributed by atoms with E-state index in [1.165, 1.54) is 18.5 Å². The number of benzene rings is 1. The Morgan fingerprint density at radius 2 is 2.10 bits per heavy atom. The summed E-state index contributed by atoms with van der Waals surface area (Å²) in [4.78, 5) is 2.53. The molecule has 1 fully saturated rings. The second-order valence-electron chi connectivity index (χ2n) is 6.65. The molecule has 1 aromatic rings. The van der Waals surface area contributed by atoms with Crippen LogP contribution in [0.25, 0.3) is 0 Å².